The number of halogens is 3. The Kier molecular flexibility index (Phi) is 5.43. The van der Waals surface area contributed by atoms with E-state index in [1.807, 2.05) is 16.4 Å². The molecule has 0 atom stereocenters. The highest BCUT2D eigenvalue weighted by Gasteiger charge is 2.32. The zero-order valence-electron chi connectivity index (χ0n) is 16.5. The lowest BCUT2D eigenvalue weighted by Gasteiger charge is -2.34. The largest absolute Gasteiger partial charge is 0.416 e. The molecule has 0 unspecified atom stereocenters. The van der Waals surface area contributed by atoms with Crippen molar-refractivity contribution in [1.82, 2.24) is 23.8 Å². The summed E-state index contributed by atoms with van der Waals surface area (Å²) in [5.41, 5.74) is -0.885. The molecule has 12 heteroatoms. The molecule has 0 amide bonds. The molecule has 1 aliphatic heterocycles. The predicted molar refractivity (Wildman–Crippen MR) is 106 cm³/mol. The van der Waals surface area contributed by atoms with E-state index >= 15 is 0 Å². The van der Waals surface area contributed by atoms with E-state index < -0.39 is 21.8 Å². The number of anilines is 1. The third-order valence-electron chi connectivity index (χ3n) is 5.09. The lowest BCUT2D eigenvalue weighted by molar-refractivity contribution is -0.137. The number of imidazole rings is 1. The molecule has 1 aromatic carbocycles. The van der Waals surface area contributed by atoms with E-state index in [0.717, 1.165) is 30.1 Å². The number of aryl methyl sites for hydroxylation is 1. The molecule has 3 heterocycles. The van der Waals surface area contributed by atoms with Gasteiger partial charge in [0.1, 0.15) is 23.8 Å². The summed E-state index contributed by atoms with van der Waals surface area (Å²) in [5.74, 6) is 2.08. The summed E-state index contributed by atoms with van der Waals surface area (Å²) in [5, 5.41) is 0. The average Bonchev–Trinajstić information content (AvgIpc) is 3.19. The van der Waals surface area contributed by atoms with Gasteiger partial charge in [0.2, 0.25) is 10.0 Å². The van der Waals surface area contributed by atoms with Crippen molar-refractivity contribution in [2.75, 3.05) is 31.1 Å². The van der Waals surface area contributed by atoms with Gasteiger partial charge in [-0.25, -0.2) is 23.4 Å². The van der Waals surface area contributed by atoms with Crippen LogP contribution in [0.5, 0.6) is 0 Å². The van der Waals surface area contributed by atoms with Crippen LogP contribution in [0, 0.1) is 6.92 Å². The Morgan fingerprint density at radius 1 is 0.935 bits per heavy atom. The number of benzene rings is 1. The Labute approximate surface area is 177 Å². The van der Waals surface area contributed by atoms with Crippen LogP contribution >= 0.6 is 0 Å². The lowest BCUT2D eigenvalue weighted by atomic mass is 10.2. The Balaban J connectivity index is 1.47. The summed E-state index contributed by atoms with van der Waals surface area (Å²) in [7, 11) is -3.88. The Bertz CT molecular complexity index is 1170. The van der Waals surface area contributed by atoms with Gasteiger partial charge in [-0.2, -0.15) is 17.5 Å². The number of piperazine rings is 1. The van der Waals surface area contributed by atoms with Gasteiger partial charge in [-0.05, 0) is 31.2 Å². The van der Waals surface area contributed by atoms with Gasteiger partial charge in [-0.3, -0.25) is 4.57 Å². The topological polar surface area (TPSA) is 84.2 Å². The van der Waals surface area contributed by atoms with E-state index in [1.54, 1.807) is 18.5 Å². The molecule has 0 radical (unpaired) electrons. The number of rotatable bonds is 4. The molecule has 2 aromatic heterocycles. The summed E-state index contributed by atoms with van der Waals surface area (Å²) < 4.78 is 66.9. The van der Waals surface area contributed by atoms with Gasteiger partial charge >= 0.3 is 6.18 Å². The third-order valence-corrected chi connectivity index (χ3v) is 7.01. The Hall–Kier alpha value is -2.99. The molecule has 8 nitrogen and oxygen atoms in total. The molecule has 1 aliphatic rings. The van der Waals surface area contributed by atoms with Crippen molar-refractivity contribution in [3.63, 3.8) is 0 Å². The Morgan fingerprint density at radius 3 is 2.16 bits per heavy atom. The summed E-state index contributed by atoms with van der Waals surface area (Å²) in [6.07, 6.45) is 0.382. The molecule has 164 valence electrons. The maximum Gasteiger partial charge on any atom is 0.416 e. The van der Waals surface area contributed by atoms with Crippen LogP contribution in [0.2, 0.25) is 0 Å². The number of sulfonamides is 1. The fraction of sp³-hybridized carbons (Fsp3) is 0.316. The molecule has 4 rings (SSSR count). The lowest BCUT2D eigenvalue weighted by Crippen LogP contribution is -2.49. The van der Waals surface area contributed by atoms with E-state index in [9.17, 15) is 21.6 Å². The van der Waals surface area contributed by atoms with E-state index in [-0.39, 0.29) is 18.0 Å². The number of hydrogen-bond acceptors (Lipinski definition) is 6. The summed E-state index contributed by atoms with van der Waals surface area (Å²) in [6, 6.07) is 5.35. The number of aromatic nitrogens is 4. The first-order chi connectivity index (χ1) is 14.7. The van der Waals surface area contributed by atoms with Crippen LogP contribution in [0.4, 0.5) is 19.0 Å². The first-order valence-electron chi connectivity index (χ1n) is 9.41. The number of alkyl halides is 3. The summed E-state index contributed by atoms with van der Waals surface area (Å²) in [6.45, 7) is 3.00. The monoisotopic (exact) mass is 452 g/mol. The van der Waals surface area contributed by atoms with Gasteiger partial charge in [-0.1, -0.05) is 0 Å². The molecule has 3 aromatic rings. The Morgan fingerprint density at radius 2 is 1.58 bits per heavy atom. The second-order valence-corrected chi connectivity index (χ2v) is 8.93. The molecule has 31 heavy (non-hydrogen) atoms. The van der Waals surface area contributed by atoms with Crippen molar-refractivity contribution >= 4 is 15.8 Å². The van der Waals surface area contributed by atoms with Crippen molar-refractivity contribution in [3.05, 3.63) is 60.4 Å². The highest BCUT2D eigenvalue weighted by molar-refractivity contribution is 7.89. The first kappa shape index (κ1) is 21.2. The standard InChI is InChI=1S/C19H19F3N6O2S/c1-14-23-6-7-28(14)18-12-17(24-13-25-18)26-8-10-27(11-9-26)31(29,30)16-4-2-15(3-5-16)19(20,21)22/h2-7,12-13H,8-11H2,1H3. The normalized spacial score (nSPS) is 15.9. The van der Waals surface area contributed by atoms with E-state index in [1.165, 1.54) is 10.6 Å². The maximum atomic E-state index is 12.8. The average molecular weight is 452 g/mol. The smallest absolute Gasteiger partial charge is 0.354 e. The second kappa shape index (κ2) is 7.93. The van der Waals surface area contributed by atoms with Gasteiger partial charge in [0.05, 0.1) is 10.5 Å². The molecule has 1 saturated heterocycles. The molecular formula is C19H19F3N6O2S. The van der Waals surface area contributed by atoms with Crippen LogP contribution in [0.15, 0.2) is 53.9 Å². The predicted octanol–water partition coefficient (Wildman–Crippen LogP) is 2.50. The van der Waals surface area contributed by atoms with Crippen molar-refractivity contribution in [2.45, 2.75) is 18.0 Å². The van der Waals surface area contributed by atoms with Crippen molar-refractivity contribution < 1.29 is 21.6 Å². The minimum atomic E-state index is -4.51. The van der Waals surface area contributed by atoms with E-state index in [0.29, 0.717) is 24.7 Å². The zero-order chi connectivity index (χ0) is 22.2. The molecule has 0 spiro atoms. The fourth-order valence-corrected chi connectivity index (χ4v) is 4.81. The van der Waals surface area contributed by atoms with Gasteiger partial charge in [0.25, 0.3) is 0 Å². The fourth-order valence-electron chi connectivity index (χ4n) is 3.38. The van der Waals surface area contributed by atoms with Crippen molar-refractivity contribution in [1.29, 1.82) is 0 Å². The highest BCUT2D eigenvalue weighted by Crippen LogP contribution is 2.30. The van der Waals surface area contributed by atoms with Crippen LogP contribution in [0.1, 0.15) is 11.4 Å². The minimum absolute atomic E-state index is 0.158. The van der Waals surface area contributed by atoms with Gasteiger partial charge in [0, 0.05) is 44.6 Å². The van der Waals surface area contributed by atoms with Gasteiger partial charge in [0.15, 0.2) is 0 Å². The van der Waals surface area contributed by atoms with E-state index in [4.69, 9.17) is 0 Å². The number of hydrogen-bond donors (Lipinski definition) is 0. The maximum absolute atomic E-state index is 12.8. The molecule has 0 bridgehead atoms. The van der Waals surface area contributed by atoms with Crippen LogP contribution in [0.25, 0.3) is 5.82 Å². The third kappa shape index (κ3) is 4.26. The zero-order valence-corrected chi connectivity index (χ0v) is 17.3. The summed E-state index contributed by atoms with van der Waals surface area (Å²) in [4.78, 5) is 14.5. The van der Waals surface area contributed by atoms with Crippen LogP contribution < -0.4 is 4.90 Å². The van der Waals surface area contributed by atoms with Gasteiger partial charge in [-0.15, -0.1) is 0 Å². The minimum Gasteiger partial charge on any atom is -0.354 e. The first-order valence-corrected chi connectivity index (χ1v) is 10.8. The molecule has 0 N–H and O–H groups in total. The highest BCUT2D eigenvalue weighted by atomic mass is 32.2. The van der Waals surface area contributed by atoms with Crippen LogP contribution in [-0.4, -0.2) is 58.4 Å². The molecular weight excluding hydrogens is 433 g/mol. The van der Waals surface area contributed by atoms with E-state index in [2.05, 4.69) is 15.0 Å². The number of nitrogens with zero attached hydrogens (tertiary/aromatic N) is 6. The van der Waals surface area contributed by atoms with Crippen molar-refractivity contribution in [3.8, 4) is 5.82 Å². The van der Waals surface area contributed by atoms with Crippen LogP contribution in [0.3, 0.4) is 0 Å². The quantitative estimate of drug-likeness (QED) is 0.605. The molecule has 1 fully saturated rings. The van der Waals surface area contributed by atoms with Crippen molar-refractivity contribution in [2.24, 2.45) is 0 Å². The molecule has 0 aliphatic carbocycles. The summed E-state index contributed by atoms with van der Waals surface area (Å²) >= 11 is 0. The second-order valence-electron chi connectivity index (χ2n) is 6.99. The van der Waals surface area contributed by atoms with Gasteiger partial charge < -0.3 is 4.90 Å². The SMILES string of the molecule is Cc1nccn1-c1cc(N2CCN(S(=O)(=O)c3ccc(C(F)(F)F)cc3)CC2)ncn1. The molecule has 0 saturated carbocycles. The van der Waals surface area contributed by atoms with Crippen LogP contribution in [-0.2, 0) is 16.2 Å².